The van der Waals surface area contributed by atoms with Gasteiger partial charge in [0.25, 0.3) is 5.91 Å². The van der Waals surface area contributed by atoms with Crippen LogP contribution in [0.2, 0.25) is 0 Å². The first-order chi connectivity index (χ1) is 15.6. The number of hydrogen-bond donors (Lipinski definition) is 2. The topological polar surface area (TPSA) is 70.1 Å². The Kier molecular flexibility index (Phi) is 9.32. The van der Waals surface area contributed by atoms with Crippen molar-refractivity contribution in [3.8, 4) is 0 Å². The molecule has 3 heterocycles. The average molecular weight is 471 g/mol. The quantitative estimate of drug-likeness (QED) is 0.513. The standard InChI is InChI=1S/C25H28Cl2N4O/c1-2-24-23(8-10-26)20(15-30-24)16-31-25(32)19-9-12-29-22(14-19)13-18-5-3-7-21(27)17-28-11-4-6-18/h3,5-7,9,12,14-15,17,30H,2,4,8,10-11,13,16H2,1H3,(H,31,32)/b5-3?,18-6?,21-7-,28-17?. The lowest BCUT2D eigenvalue weighted by atomic mass is 10.1. The molecule has 1 amide bonds. The number of carbonyl (C=O) groups excluding carboxylic acids is 1. The molecular formula is C25H28Cl2N4O. The molecule has 0 unspecified atom stereocenters. The van der Waals surface area contributed by atoms with E-state index in [-0.39, 0.29) is 5.91 Å². The number of aliphatic imine (C=N–C) groups is 1. The molecule has 2 aromatic heterocycles. The number of amides is 1. The molecule has 168 valence electrons. The molecule has 0 atom stereocenters. The number of H-pyrrole nitrogens is 1. The Morgan fingerprint density at radius 2 is 2.22 bits per heavy atom. The number of nitrogens with zero attached hydrogens (tertiary/aromatic N) is 2. The van der Waals surface area contributed by atoms with Gasteiger partial charge in [-0.1, -0.05) is 36.8 Å². The van der Waals surface area contributed by atoms with E-state index in [1.165, 1.54) is 11.3 Å². The predicted octanol–water partition coefficient (Wildman–Crippen LogP) is 5.31. The van der Waals surface area contributed by atoms with Crippen LogP contribution in [0.15, 0.2) is 64.4 Å². The van der Waals surface area contributed by atoms with Crippen LogP contribution in [0, 0.1) is 0 Å². The second kappa shape index (κ2) is 12.4. The summed E-state index contributed by atoms with van der Waals surface area (Å²) < 4.78 is 0. The van der Waals surface area contributed by atoms with Gasteiger partial charge < -0.3 is 10.3 Å². The second-order valence-corrected chi connectivity index (χ2v) is 8.29. The van der Waals surface area contributed by atoms with Gasteiger partial charge in [0.2, 0.25) is 0 Å². The maximum absolute atomic E-state index is 12.8. The normalized spacial score (nSPS) is 15.7. The summed E-state index contributed by atoms with van der Waals surface area (Å²) >= 11 is 12.0. The van der Waals surface area contributed by atoms with Crippen molar-refractivity contribution in [1.29, 1.82) is 0 Å². The Hall–Kier alpha value is -2.63. The van der Waals surface area contributed by atoms with E-state index >= 15 is 0 Å². The summed E-state index contributed by atoms with van der Waals surface area (Å²) in [5.74, 6) is 0.433. The Bertz CT molecular complexity index is 1050. The van der Waals surface area contributed by atoms with Crippen molar-refractivity contribution in [3.05, 3.63) is 87.5 Å². The van der Waals surface area contributed by atoms with Crippen LogP contribution in [-0.4, -0.2) is 34.5 Å². The number of alkyl halides is 1. The summed E-state index contributed by atoms with van der Waals surface area (Å²) in [6.45, 7) is 3.25. The van der Waals surface area contributed by atoms with Crippen LogP contribution in [0.5, 0.6) is 0 Å². The number of halogens is 2. The van der Waals surface area contributed by atoms with E-state index in [1.54, 1.807) is 18.5 Å². The fourth-order valence-corrected chi connectivity index (χ4v) is 3.94. The van der Waals surface area contributed by atoms with Crippen LogP contribution in [0.25, 0.3) is 0 Å². The molecule has 1 aliphatic heterocycles. The molecule has 0 aliphatic carbocycles. The zero-order valence-electron chi connectivity index (χ0n) is 18.2. The van der Waals surface area contributed by atoms with Crippen molar-refractivity contribution >= 4 is 35.3 Å². The first-order valence-corrected chi connectivity index (χ1v) is 11.7. The maximum Gasteiger partial charge on any atom is 0.251 e. The van der Waals surface area contributed by atoms with Gasteiger partial charge in [0, 0.05) is 60.9 Å². The summed E-state index contributed by atoms with van der Waals surface area (Å²) in [6, 6.07) is 3.58. The van der Waals surface area contributed by atoms with Gasteiger partial charge in [-0.3, -0.25) is 14.8 Å². The molecule has 32 heavy (non-hydrogen) atoms. The highest BCUT2D eigenvalue weighted by Crippen LogP contribution is 2.17. The SMILES string of the molecule is CCc1[nH]cc(CNC(=O)c2ccnc(CC3=CCCN=C/C(Cl)=C/C=C3)c2)c1CCCl. The molecular weight excluding hydrogens is 443 g/mol. The van der Waals surface area contributed by atoms with Crippen molar-refractivity contribution in [3.63, 3.8) is 0 Å². The fraction of sp³-hybridized carbons (Fsp3) is 0.320. The Labute approximate surface area is 199 Å². The first-order valence-electron chi connectivity index (χ1n) is 10.8. The Morgan fingerprint density at radius 1 is 1.34 bits per heavy atom. The lowest BCUT2D eigenvalue weighted by molar-refractivity contribution is 0.0950. The molecule has 0 radical (unpaired) electrons. The summed E-state index contributed by atoms with van der Waals surface area (Å²) in [7, 11) is 0. The summed E-state index contributed by atoms with van der Waals surface area (Å²) in [4.78, 5) is 24.8. The van der Waals surface area contributed by atoms with Gasteiger partial charge in [0.1, 0.15) is 0 Å². The minimum absolute atomic E-state index is 0.121. The van der Waals surface area contributed by atoms with Gasteiger partial charge in [0.05, 0.1) is 5.03 Å². The van der Waals surface area contributed by atoms with Crippen LogP contribution in [-0.2, 0) is 25.8 Å². The van der Waals surface area contributed by atoms with Crippen molar-refractivity contribution < 1.29 is 4.79 Å². The number of aromatic nitrogens is 2. The fourth-order valence-electron chi connectivity index (χ4n) is 3.61. The molecule has 5 nitrogen and oxygen atoms in total. The van der Waals surface area contributed by atoms with E-state index in [4.69, 9.17) is 23.2 Å². The maximum atomic E-state index is 12.8. The van der Waals surface area contributed by atoms with Crippen molar-refractivity contribution in [2.24, 2.45) is 4.99 Å². The molecule has 0 saturated heterocycles. The van der Waals surface area contributed by atoms with E-state index in [0.29, 0.717) is 36.0 Å². The highest BCUT2D eigenvalue weighted by atomic mass is 35.5. The number of hydrogen-bond acceptors (Lipinski definition) is 3. The molecule has 0 bridgehead atoms. The number of nitrogens with one attached hydrogen (secondary N) is 2. The molecule has 2 N–H and O–H groups in total. The molecule has 0 fully saturated rings. The van der Waals surface area contributed by atoms with Crippen LogP contribution >= 0.6 is 23.2 Å². The number of aromatic amines is 1. The van der Waals surface area contributed by atoms with Crippen molar-refractivity contribution in [2.75, 3.05) is 12.4 Å². The van der Waals surface area contributed by atoms with E-state index in [2.05, 4.69) is 33.3 Å². The predicted molar refractivity (Wildman–Crippen MR) is 133 cm³/mol. The zero-order valence-corrected chi connectivity index (χ0v) is 19.7. The van der Waals surface area contributed by atoms with Crippen LogP contribution in [0.3, 0.4) is 0 Å². The van der Waals surface area contributed by atoms with Gasteiger partial charge in [-0.15, -0.1) is 11.6 Å². The molecule has 0 saturated carbocycles. The molecule has 7 heteroatoms. The number of carbonyl (C=O) groups is 1. The molecule has 0 spiro atoms. The number of allylic oxidation sites excluding steroid dienone is 5. The lowest BCUT2D eigenvalue weighted by Gasteiger charge is -2.09. The van der Waals surface area contributed by atoms with Gasteiger partial charge in [0.15, 0.2) is 0 Å². The third-order valence-corrected chi connectivity index (χ3v) is 5.63. The average Bonchev–Trinajstić information content (AvgIpc) is 3.19. The van der Waals surface area contributed by atoms with Crippen LogP contribution < -0.4 is 5.32 Å². The number of rotatable bonds is 8. The van der Waals surface area contributed by atoms with Gasteiger partial charge in [-0.25, -0.2) is 0 Å². The first kappa shape index (κ1) is 24.0. The largest absolute Gasteiger partial charge is 0.364 e. The third-order valence-electron chi connectivity index (χ3n) is 5.22. The van der Waals surface area contributed by atoms with Gasteiger partial charge >= 0.3 is 0 Å². The summed E-state index contributed by atoms with van der Waals surface area (Å²) in [6.07, 6.45) is 16.3. The number of pyridine rings is 1. The van der Waals surface area contributed by atoms with Gasteiger partial charge in [-0.2, -0.15) is 0 Å². The molecule has 3 rings (SSSR count). The van der Waals surface area contributed by atoms with E-state index in [1.807, 2.05) is 30.5 Å². The summed E-state index contributed by atoms with van der Waals surface area (Å²) in [5.41, 5.74) is 6.00. The third kappa shape index (κ3) is 6.94. The van der Waals surface area contributed by atoms with E-state index in [9.17, 15) is 4.79 Å². The second-order valence-electron chi connectivity index (χ2n) is 7.47. The van der Waals surface area contributed by atoms with Gasteiger partial charge in [-0.05, 0) is 54.2 Å². The molecule has 2 aromatic rings. The van der Waals surface area contributed by atoms with Crippen LogP contribution in [0.4, 0.5) is 0 Å². The van der Waals surface area contributed by atoms with Crippen molar-refractivity contribution in [2.45, 2.75) is 39.2 Å². The highest BCUT2D eigenvalue weighted by molar-refractivity contribution is 6.39. The van der Waals surface area contributed by atoms with Crippen molar-refractivity contribution in [1.82, 2.24) is 15.3 Å². The summed E-state index contributed by atoms with van der Waals surface area (Å²) in [5, 5.41) is 3.62. The minimum atomic E-state index is -0.121. The number of aryl methyl sites for hydroxylation is 1. The Morgan fingerprint density at radius 3 is 3.03 bits per heavy atom. The zero-order chi connectivity index (χ0) is 22.8. The van der Waals surface area contributed by atoms with E-state index < -0.39 is 0 Å². The molecule has 1 aliphatic rings. The minimum Gasteiger partial charge on any atom is -0.364 e. The molecule has 0 aromatic carbocycles. The smallest absolute Gasteiger partial charge is 0.251 e. The van der Waals surface area contributed by atoms with E-state index in [0.717, 1.165) is 36.1 Å². The Balaban J connectivity index is 1.66. The van der Waals surface area contributed by atoms with Crippen LogP contribution in [0.1, 0.15) is 46.2 Å². The highest BCUT2D eigenvalue weighted by Gasteiger charge is 2.12. The monoisotopic (exact) mass is 470 g/mol. The lowest BCUT2D eigenvalue weighted by Crippen LogP contribution is -2.23.